The van der Waals surface area contributed by atoms with Gasteiger partial charge >= 0.3 is 0 Å². The first-order valence-corrected chi connectivity index (χ1v) is 7.98. The number of rotatable bonds is 6. The van der Waals surface area contributed by atoms with Crippen molar-refractivity contribution in [1.82, 2.24) is 5.32 Å². The summed E-state index contributed by atoms with van der Waals surface area (Å²) in [5, 5.41) is 16.3. The Hall–Kier alpha value is -1.46. The monoisotopic (exact) mass is 308 g/mol. The zero-order valence-electron chi connectivity index (χ0n) is 13.1. The van der Waals surface area contributed by atoms with Crippen LogP contribution in [0.3, 0.4) is 0 Å². The third-order valence-electron chi connectivity index (χ3n) is 4.16. The normalized spacial score (nSPS) is 18.7. The highest BCUT2D eigenvalue weighted by Crippen LogP contribution is 2.27. The fourth-order valence-corrected chi connectivity index (χ4v) is 2.88. The van der Waals surface area contributed by atoms with E-state index < -0.39 is 5.60 Å². The lowest BCUT2D eigenvalue weighted by Gasteiger charge is -2.33. The number of carbonyl (C=O) groups excluding carboxylic acids is 1. The van der Waals surface area contributed by atoms with E-state index in [9.17, 15) is 14.3 Å². The molecule has 1 aliphatic rings. The number of carbonyl (C=O) groups is 1. The summed E-state index contributed by atoms with van der Waals surface area (Å²) >= 11 is 0. The van der Waals surface area contributed by atoms with Crippen LogP contribution >= 0.6 is 0 Å². The van der Waals surface area contributed by atoms with E-state index >= 15 is 0 Å². The van der Waals surface area contributed by atoms with E-state index in [-0.39, 0.29) is 24.2 Å². The molecule has 0 aromatic heterocycles. The van der Waals surface area contributed by atoms with E-state index in [1.165, 1.54) is 18.6 Å². The molecule has 1 amide bonds. The minimum atomic E-state index is -0.633. The number of anilines is 1. The molecule has 0 heterocycles. The van der Waals surface area contributed by atoms with Gasteiger partial charge in [0.15, 0.2) is 0 Å². The van der Waals surface area contributed by atoms with Gasteiger partial charge in [0.25, 0.3) is 0 Å². The summed E-state index contributed by atoms with van der Waals surface area (Å²) in [5.41, 5.74) is -0.172. The molecule has 0 saturated heterocycles. The zero-order valence-corrected chi connectivity index (χ0v) is 13.1. The molecule has 2 rings (SSSR count). The van der Waals surface area contributed by atoms with Crippen molar-refractivity contribution in [3.05, 3.63) is 30.1 Å². The van der Waals surface area contributed by atoms with Crippen molar-refractivity contribution in [2.45, 2.75) is 57.1 Å². The van der Waals surface area contributed by atoms with Gasteiger partial charge in [0.1, 0.15) is 5.82 Å². The summed E-state index contributed by atoms with van der Waals surface area (Å²) in [7, 11) is 0. The minimum absolute atomic E-state index is 0.0421. The van der Waals surface area contributed by atoms with Crippen LogP contribution in [0.5, 0.6) is 0 Å². The van der Waals surface area contributed by atoms with Crippen molar-refractivity contribution in [1.29, 1.82) is 0 Å². The van der Waals surface area contributed by atoms with E-state index in [1.54, 1.807) is 12.1 Å². The summed E-state index contributed by atoms with van der Waals surface area (Å²) in [6.45, 7) is 2.43. The van der Waals surface area contributed by atoms with Crippen LogP contribution in [-0.4, -0.2) is 29.2 Å². The Labute approximate surface area is 131 Å². The molecule has 122 valence electrons. The van der Waals surface area contributed by atoms with E-state index in [0.717, 1.165) is 25.7 Å². The molecule has 1 fully saturated rings. The molecule has 1 aliphatic carbocycles. The quantitative estimate of drug-likeness (QED) is 0.757. The lowest BCUT2D eigenvalue weighted by molar-refractivity contribution is -0.116. The Morgan fingerprint density at radius 2 is 2.09 bits per heavy atom. The van der Waals surface area contributed by atoms with Gasteiger partial charge in [0.2, 0.25) is 5.91 Å². The van der Waals surface area contributed by atoms with Crippen LogP contribution in [0.25, 0.3) is 0 Å². The van der Waals surface area contributed by atoms with Gasteiger partial charge in [-0.25, -0.2) is 4.39 Å². The third-order valence-corrected chi connectivity index (χ3v) is 4.16. The number of benzene rings is 1. The van der Waals surface area contributed by atoms with E-state index in [1.807, 2.05) is 6.92 Å². The average Bonchev–Trinajstić information content (AvgIpc) is 2.46. The van der Waals surface area contributed by atoms with Crippen LogP contribution in [0.4, 0.5) is 10.1 Å². The minimum Gasteiger partial charge on any atom is -0.389 e. The van der Waals surface area contributed by atoms with Crippen molar-refractivity contribution < 1.29 is 14.3 Å². The molecular formula is C17H25FN2O2. The van der Waals surface area contributed by atoms with Crippen LogP contribution in [0, 0.1) is 5.82 Å². The van der Waals surface area contributed by atoms with E-state index in [0.29, 0.717) is 12.2 Å². The topological polar surface area (TPSA) is 61.4 Å². The largest absolute Gasteiger partial charge is 0.389 e. The van der Waals surface area contributed by atoms with Crippen molar-refractivity contribution >= 4 is 11.6 Å². The molecule has 4 nitrogen and oxygen atoms in total. The number of nitrogens with one attached hydrogen (secondary N) is 2. The summed E-state index contributed by atoms with van der Waals surface area (Å²) in [6.07, 6.45) is 5.24. The number of hydrogen-bond acceptors (Lipinski definition) is 3. The van der Waals surface area contributed by atoms with Crippen LogP contribution < -0.4 is 10.6 Å². The van der Waals surface area contributed by atoms with Crippen molar-refractivity contribution in [3.63, 3.8) is 0 Å². The summed E-state index contributed by atoms with van der Waals surface area (Å²) in [5.74, 6) is -0.537. The fourth-order valence-electron chi connectivity index (χ4n) is 2.88. The Kier molecular flexibility index (Phi) is 5.91. The molecular weight excluding hydrogens is 283 g/mol. The maximum atomic E-state index is 13.1. The summed E-state index contributed by atoms with van der Waals surface area (Å²) in [4.78, 5) is 11.9. The molecule has 3 N–H and O–H groups in total. The van der Waals surface area contributed by atoms with Crippen LogP contribution in [0.1, 0.15) is 45.4 Å². The highest BCUT2D eigenvalue weighted by atomic mass is 19.1. The van der Waals surface area contributed by atoms with Gasteiger partial charge in [0.05, 0.1) is 5.60 Å². The lowest BCUT2D eigenvalue weighted by atomic mass is 9.85. The molecule has 1 aromatic carbocycles. The maximum Gasteiger partial charge on any atom is 0.225 e. The predicted molar refractivity (Wildman–Crippen MR) is 85.1 cm³/mol. The highest BCUT2D eigenvalue weighted by molar-refractivity contribution is 5.91. The van der Waals surface area contributed by atoms with Crippen LogP contribution in [0.2, 0.25) is 0 Å². The second-order valence-corrected chi connectivity index (χ2v) is 6.33. The molecule has 0 bridgehead atoms. The molecule has 0 radical (unpaired) electrons. The Balaban J connectivity index is 1.74. The smallest absolute Gasteiger partial charge is 0.225 e. The second-order valence-electron chi connectivity index (χ2n) is 6.33. The fraction of sp³-hybridized carbons (Fsp3) is 0.588. The number of amides is 1. The molecule has 1 atom stereocenters. The van der Waals surface area contributed by atoms with Crippen LogP contribution in [0.15, 0.2) is 24.3 Å². The van der Waals surface area contributed by atoms with Gasteiger partial charge in [-0.3, -0.25) is 4.79 Å². The second kappa shape index (κ2) is 7.70. The predicted octanol–water partition coefficient (Wildman–Crippen LogP) is 2.83. The molecule has 5 heteroatoms. The summed E-state index contributed by atoms with van der Waals surface area (Å²) < 4.78 is 13.1. The first kappa shape index (κ1) is 16.9. The van der Waals surface area contributed by atoms with Gasteiger partial charge < -0.3 is 15.7 Å². The standard InChI is InChI=1S/C17H25FN2O2/c1-13(19-12-17(22)8-3-2-4-9-17)10-16(21)20-15-7-5-6-14(18)11-15/h5-7,11,13,19,22H,2-4,8-10,12H2,1H3,(H,20,21). The molecule has 1 saturated carbocycles. The maximum absolute atomic E-state index is 13.1. The molecule has 0 spiro atoms. The third kappa shape index (κ3) is 5.39. The SMILES string of the molecule is CC(CC(=O)Nc1cccc(F)c1)NCC1(O)CCCCC1. The van der Waals surface area contributed by atoms with Gasteiger partial charge in [-0.2, -0.15) is 0 Å². The highest BCUT2D eigenvalue weighted by Gasteiger charge is 2.29. The number of hydrogen-bond donors (Lipinski definition) is 3. The average molecular weight is 308 g/mol. The van der Waals surface area contributed by atoms with Gasteiger partial charge in [-0.05, 0) is 38.0 Å². The van der Waals surface area contributed by atoms with Crippen molar-refractivity contribution in [2.75, 3.05) is 11.9 Å². The molecule has 1 unspecified atom stereocenters. The van der Waals surface area contributed by atoms with Crippen molar-refractivity contribution in [3.8, 4) is 0 Å². The molecule has 0 aliphatic heterocycles. The molecule has 22 heavy (non-hydrogen) atoms. The van der Waals surface area contributed by atoms with E-state index in [2.05, 4.69) is 10.6 Å². The van der Waals surface area contributed by atoms with Crippen LogP contribution in [-0.2, 0) is 4.79 Å². The van der Waals surface area contributed by atoms with E-state index in [4.69, 9.17) is 0 Å². The Morgan fingerprint density at radius 1 is 1.36 bits per heavy atom. The van der Waals surface area contributed by atoms with Gasteiger partial charge in [0, 0.05) is 24.7 Å². The first-order valence-electron chi connectivity index (χ1n) is 7.98. The summed E-state index contributed by atoms with van der Waals surface area (Å²) in [6, 6.07) is 5.81. The lowest BCUT2D eigenvalue weighted by Crippen LogP contribution is -2.45. The Bertz CT molecular complexity index is 501. The number of halogens is 1. The van der Waals surface area contributed by atoms with Gasteiger partial charge in [-0.15, -0.1) is 0 Å². The Morgan fingerprint density at radius 3 is 2.77 bits per heavy atom. The molecule has 1 aromatic rings. The zero-order chi connectivity index (χ0) is 16.0. The first-order chi connectivity index (χ1) is 10.5. The van der Waals surface area contributed by atoms with Crippen molar-refractivity contribution in [2.24, 2.45) is 0 Å². The number of aliphatic hydroxyl groups is 1. The van der Waals surface area contributed by atoms with Gasteiger partial charge in [-0.1, -0.05) is 25.3 Å².